The summed E-state index contributed by atoms with van der Waals surface area (Å²) in [5.74, 6) is -3.20. The maximum atomic E-state index is 15.8. The van der Waals surface area contributed by atoms with Gasteiger partial charge in [0.1, 0.15) is 23.0 Å². The minimum atomic E-state index is -1.78. The Morgan fingerprint density at radius 3 is 2.10 bits per heavy atom. The van der Waals surface area contributed by atoms with Crippen molar-refractivity contribution in [2.45, 2.75) is 24.9 Å². The summed E-state index contributed by atoms with van der Waals surface area (Å²) in [5.41, 5.74) is 0.655. The van der Waals surface area contributed by atoms with Crippen LogP contribution in [-0.4, -0.2) is 35.4 Å². The molecule has 3 aliphatic rings. The number of esters is 1. The molecule has 4 aromatic carbocycles. The Morgan fingerprint density at radius 1 is 0.810 bits per heavy atom. The number of ether oxygens (including phenoxy) is 1. The number of hydrogen-bond acceptors (Lipinski definition) is 6. The van der Waals surface area contributed by atoms with E-state index in [9.17, 15) is 19.2 Å². The van der Waals surface area contributed by atoms with Crippen LogP contribution in [0.4, 0.5) is 10.1 Å². The van der Waals surface area contributed by atoms with Gasteiger partial charge in [0, 0.05) is 35.2 Å². The topological polar surface area (TPSA) is 80.8 Å². The number of carbonyl (C=O) groups is 4. The normalized spacial score (nSPS) is 21.2. The molecule has 1 spiro atoms. The summed E-state index contributed by atoms with van der Waals surface area (Å²) in [7, 11) is 0. The highest BCUT2D eigenvalue weighted by atomic mass is 19.1. The number of carbonyl (C=O) groups excluding carboxylic acids is 4. The number of hydrogen-bond donors (Lipinski definition) is 0. The van der Waals surface area contributed by atoms with Gasteiger partial charge in [0.15, 0.2) is 17.3 Å². The number of anilines is 1. The van der Waals surface area contributed by atoms with Crippen LogP contribution in [0.15, 0.2) is 103 Å². The second-order valence-electron chi connectivity index (χ2n) is 10.8. The van der Waals surface area contributed by atoms with Crippen molar-refractivity contribution in [1.29, 1.82) is 0 Å². The first-order chi connectivity index (χ1) is 20.3. The number of ketones is 3. The average molecular weight is 558 g/mol. The third-order valence-corrected chi connectivity index (χ3v) is 8.62. The summed E-state index contributed by atoms with van der Waals surface area (Å²) in [6.45, 7) is 1.28. The number of rotatable bonds is 4. The van der Waals surface area contributed by atoms with Gasteiger partial charge in [-0.25, -0.2) is 4.39 Å². The molecule has 0 amide bonds. The second kappa shape index (κ2) is 9.45. The molecule has 4 aromatic rings. The summed E-state index contributed by atoms with van der Waals surface area (Å²) in [6.07, 6.45) is 3.66. The van der Waals surface area contributed by atoms with Crippen molar-refractivity contribution < 1.29 is 28.3 Å². The van der Waals surface area contributed by atoms with Gasteiger partial charge in [0.2, 0.25) is 0 Å². The van der Waals surface area contributed by atoms with E-state index in [1.165, 1.54) is 37.3 Å². The van der Waals surface area contributed by atoms with Crippen molar-refractivity contribution in [3.8, 4) is 5.75 Å². The molecule has 1 aliphatic carbocycles. The third kappa shape index (κ3) is 3.49. The largest absolute Gasteiger partial charge is 0.427 e. The van der Waals surface area contributed by atoms with Crippen LogP contribution in [0.2, 0.25) is 0 Å². The average Bonchev–Trinajstić information content (AvgIpc) is 3.43. The molecule has 3 atom stereocenters. The van der Waals surface area contributed by atoms with E-state index in [2.05, 4.69) is 0 Å². The van der Waals surface area contributed by atoms with Crippen LogP contribution >= 0.6 is 0 Å². The molecule has 0 aromatic heterocycles. The summed E-state index contributed by atoms with van der Waals surface area (Å²) < 4.78 is 21.0. The van der Waals surface area contributed by atoms with Gasteiger partial charge >= 0.3 is 5.97 Å². The molecule has 2 aliphatic heterocycles. The number of Topliss-reactive ketones (excluding diaryl/α,β-unsaturated/α-hetero) is 3. The Labute approximate surface area is 241 Å². The minimum Gasteiger partial charge on any atom is -0.427 e. The first kappa shape index (κ1) is 25.8. The maximum Gasteiger partial charge on any atom is 0.308 e. The van der Waals surface area contributed by atoms with Crippen LogP contribution in [-0.2, 0) is 4.79 Å². The number of benzene rings is 4. The Balaban J connectivity index is 1.50. The standard InChI is InChI=1S/C35H24FNO5/c1-20(38)42-23-17-14-22(15-18-23)32(39)31-30(26-11-5-6-12-27(26)36)35(33(40)24-9-3-4-10-25(24)34(35)41)29-19-16-21-8-2-7-13-28(21)37(29)31/h2-19,29-31H,1H3/t29-,30+,31+/m1/s1. The van der Waals surface area contributed by atoms with Crippen LogP contribution in [0.5, 0.6) is 5.75 Å². The molecule has 0 bridgehead atoms. The quantitative estimate of drug-likeness (QED) is 0.131. The molecule has 0 saturated carbocycles. The third-order valence-electron chi connectivity index (χ3n) is 8.62. The van der Waals surface area contributed by atoms with E-state index in [4.69, 9.17) is 4.74 Å². The Kier molecular flexibility index (Phi) is 5.80. The lowest BCUT2D eigenvalue weighted by Crippen LogP contribution is -2.48. The van der Waals surface area contributed by atoms with E-state index in [-0.39, 0.29) is 33.8 Å². The van der Waals surface area contributed by atoms with Gasteiger partial charge < -0.3 is 9.64 Å². The van der Waals surface area contributed by atoms with E-state index in [0.717, 1.165) is 5.56 Å². The Hall–Kier alpha value is -5.17. The van der Waals surface area contributed by atoms with Crippen molar-refractivity contribution in [1.82, 2.24) is 0 Å². The molecular weight excluding hydrogens is 533 g/mol. The van der Waals surface area contributed by atoms with E-state index in [1.807, 2.05) is 35.2 Å². The first-order valence-electron chi connectivity index (χ1n) is 13.7. The zero-order chi connectivity index (χ0) is 29.2. The molecule has 42 heavy (non-hydrogen) atoms. The van der Waals surface area contributed by atoms with Crippen molar-refractivity contribution >= 4 is 35.1 Å². The second-order valence-corrected chi connectivity index (χ2v) is 10.8. The predicted octanol–water partition coefficient (Wildman–Crippen LogP) is 6.07. The molecule has 7 rings (SSSR count). The SMILES string of the molecule is CC(=O)Oc1ccc(C(=O)[C@@H]2[C@H](c3ccccc3F)C3(C(=O)c4ccccc4C3=O)[C@H]3C=Cc4ccccc4N23)cc1. The van der Waals surface area contributed by atoms with E-state index in [0.29, 0.717) is 5.69 Å². The fourth-order valence-electron chi connectivity index (χ4n) is 7.01. The molecule has 0 unspecified atom stereocenters. The van der Waals surface area contributed by atoms with Crippen LogP contribution < -0.4 is 9.64 Å². The summed E-state index contributed by atoms with van der Waals surface area (Å²) in [5, 5.41) is 0. The number of nitrogens with zero attached hydrogens (tertiary/aromatic N) is 1. The van der Waals surface area contributed by atoms with Crippen LogP contribution in [0.3, 0.4) is 0 Å². The van der Waals surface area contributed by atoms with E-state index < -0.39 is 46.8 Å². The van der Waals surface area contributed by atoms with E-state index >= 15 is 4.39 Å². The molecular formula is C35H24FNO5. The number of para-hydroxylation sites is 1. The highest BCUT2D eigenvalue weighted by molar-refractivity contribution is 6.32. The van der Waals surface area contributed by atoms with Crippen molar-refractivity contribution in [3.05, 3.63) is 137 Å². The highest BCUT2D eigenvalue weighted by Crippen LogP contribution is 2.61. The van der Waals surface area contributed by atoms with Crippen LogP contribution in [0.25, 0.3) is 6.08 Å². The molecule has 1 saturated heterocycles. The molecule has 6 nitrogen and oxygen atoms in total. The van der Waals surface area contributed by atoms with Gasteiger partial charge in [-0.1, -0.05) is 72.8 Å². The Bertz CT molecular complexity index is 1810. The van der Waals surface area contributed by atoms with Gasteiger partial charge in [-0.15, -0.1) is 0 Å². The minimum absolute atomic E-state index is 0.127. The maximum absolute atomic E-state index is 15.8. The van der Waals surface area contributed by atoms with Gasteiger partial charge in [-0.05, 0) is 47.5 Å². The van der Waals surface area contributed by atoms with Gasteiger partial charge in [0.05, 0.1) is 6.04 Å². The van der Waals surface area contributed by atoms with Crippen LogP contribution in [0, 0.1) is 11.2 Å². The van der Waals surface area contributed by atoms with Crippen molar-refractivity contribution in [2.75, 3.05) is 4.90 Å². The smallest absolute Gasteiger partial charge is 0.308 e. The zero-order valence-electron chi connectivity index (χ0n) is 22.5. The lowest BCUT2D eigenvalue weighted by molar-refractivity contribution is -0.131. The monoisotopic (exact) mass is 557 g/mol. The summed E-state index contributed by atoms with van der Waals surface area (Å²) >= 11 is 0. The molecule has 0 radical (unpaired) electrons. The van der Waals surface area contributed by atoms with Gasteiger partial charge in [-0.3, -0.25) is 19.2 Å². The molecule has 2 heterocycles. The molecule has 0 N–H and O–H groups in total. The summed E-state index contributed by atoms with van der Waals surface area (Å²) in [4.78, 5) is 57.1. The number of halogens is 1. The van der Waals surface area contributed by atoms with Crippen molar-refractivity contribution in [2.24, 2.45) is 5.41 Å². The predicted molar refractivity (Wildman–Crippen MR) is 154 cm³/mol. The fraction of sp³-hybridized carbons (Fsp3) is 0.143. The van der Waals surface area contributed by atoms with Gasteiger partial charge in [-0.2, -0.15) is 0 Å². The molecule has 206 valence electrons. The first-order valence-corrected chi connectivity index (χ1v) is 13.7. The fourth-order valence-corrected chi connectivity index (χ4v) is 7.01. The number of fused-ring (bicyclic) bond motifs is 5. The lowest BCUT2D eigenvalue weighted by Gasteiger charge is -2.37. The van der Waals surface area contributed by atoms with Gasteiger partial charge in [0.25, 0.3) is 0 Å². The lowest BCUT2D eigenvalue weighted by atomic mass is 9.64. The Morgan fingerprint density at radius 2 is 1.43 bits per heavy atom. The zero-order valence-corrected chi connectivity index (χ0v) is 22.5. The molecule has 1 fully saturated rings. The summed E-state index contributed by atoms with van der Waals surface area (Å²) in [6, 6.07) is 24.3. The van der Waals surface area contributed by atoms with Crippen LogP contribution in [0.1, 0.15) is 55.0 Å². The molecule has 7 heteroatoms. The highest BCUT2D eigenvalue weighted by Gasteiger charge is 2.71. The van der Waals surface area contributed by atoms with Crippen molar-refractivity contribution in [3.63, 3.8) is 0 Å². The van der Waals surface area contributed by atoms with E-state index in [1.54, 1.807) is 48.5 Å².